The molecule has 0 N–H and O–H groups in total. The Morgan fingerprint density at radius 3 is 1.57 bits per heavy atom. The van der Waals surface area contributed by atoms with E-state index in [-0.39, 0.29) is 0 Å². The molecule has 1 rings (SSSR count). The highest BCUT2D eigenvalue weighted by Crippen LogP contribution is 2.05. The molecule has 0 saturated heterocycles. The predicted octanol–water partition coefficient (Wildman–Crippen LogP) is -2.94. The van der Waals surface area contributed by atoms with Crippen molar-refractivity contribution in [2.24, 2.45) is 7.05 Å². The minimum Gasteiger partial charge on any atom is -0.222 e. The first kappa shape index (κ1) is 13.9. The molecule has 0 aliphatic carbocycles. The molecule has 0 saturated carbocycles. The summed E-state index contributed by atoms with van der Waals surface area (Å²) in [4.78, 5) is 0. The van der Waals surface area contributed by atoms with Crippen molar-refractivity contribution in [3.8, 4) is 0 Å². The van der Waals surface area contributed by atoms with E-state index in [2.05, 4.69) is 0 Å². The second kappa shape index (κ2) is 5.67. The molecular weight excluding hydrogens is 256 g/mol. The molecule has 0 atom stereocenters. The van der Waals surface area contributed by atoms with Crippen LogP contribution < -0.4 is 23.2 Å². The van der Waals surface area contributed by atoms with Crippen molar-refractivity contribution < 1.29 is 33.4 Å². The predicted molar refractivity (Wildman–Crippen MR) is 37.6 cm³/mol. The van der Waals surface area contributed by atoms with Crippen molar-refractivity contribution in [3.63, 3.8) is 0 Å². The van der Waals surface area contributed by atoms with Gasteiger partial charge in [-0.25, -0.2) is 18.6 Å². The van der Waals surface area contributed by atoms with Crippen molar-refractivity contribution in [1.29, 1.82) is 0 Å². The standard InChI is InChI=1S/C6H6Cl2N.ClHO4/c1-9-5(7)3-2-4-6(9)8;2-1(3,4)5/h2-4H,1H3;(H,2,3,4,5)/q+1;/p-1. The van der Waals surface area contributed by atoms with Gasteiger partial charge in [-0.1, -0.05) is 0 Å². The number of halogens is 3. The lowest BCUT2D eigenvalue weighted by Gasteiger charge is -2.17. The Labute approximate surface area is 92.5 Å². The molecule has 0 aromatic carbocycles. The quantitative estimate of drug-likeness (QED) is 0.369. The van der Waals surface area contributed by atoms with E-state index in [0.717, 1.165) is 0 Å². The van der Waals surface area contributed by atoms with E-state index in [0.29, 0.717) is 10.3 Å². The van der Waals surface area contributed by atoms with Crippen LogP contribution in [0, 0.1) is 10.2 Å². The summed E-state index contributed by atoms with van der Waals surface area (Å²) in [5.41, 5.74) is 0. The Balaban J connectivity index is 0.000000292. The molecule has 8 heteroatoms. The van der Waals surface area contributed by atoms with Gasteiger partial charge in [-0.2, -0.15) is 4.57 Å². The Morgan fingerprint density at radius 1 is 1.07 bits per heavy atom. The molecule has 80 valence electrons. The summed E-state index contributed by atoms with van der Waals surface area (Å²) in [7, 11) is -3.13. The van der Waals surface area contributed by atoms with Crippen molar-refractivity contribution in [1.82, 2.24) is 0 Å². The fraction of sp³-hybridized carbons (Fsp3) is 0.167. The summed E-state index contributed by atoms with van der Waals surface area (Å²) in [6.45, 7) is 0. The summed E-state index contributed by atoms with van der Waals surface area (Å²) in [6.07, 6.45) is 0. The molecule has 1 aromatic heterocycles. The van der Waals surface area contributed by atoms with Crippen molar-refractivity contribution in [3.05, 3.63) is 28.5 Å². The molecule has 0 amide bonds. The smallest absolute Gasteiger partial charge is 0.222 e. The van der Waals surface area contributed by atoms with E-state index in [4.69, 9.17) is 41.8 Å². The molecule has 0 bridgehead atoms. The lowest BCUT2D eigenvalue weighted by atomic mass is 10.5. The van der Waals surface area contributed by atoms with E-state index in [1.54, 1.807) is 16.7 Å². The van der Waals surface area contributed by atoms with E-state index in [9.17, 15) is 0 Å². The van der Waals surface area contributed by atoms with E-state index >= 15 is 0 Å². The summed E-state index contributed by atoms with van der Waals surface area (Å²) in [6, 6.07) is 5.38. The molecule has 14 heavy (non-hydrogen) atoms. The average molecular weight is 262 g/mol. The SMILES string of the molecule is C[n+]1c(Cl)cccc1Cl.[O-][Cl+3]([O-])([O-])[O-]. The molecule has 1 aromatic rings. The highest BCUT2D eigenvalue weighted by atomic mass is 35.7. The molecule has 0 aliphatic heterocycles. The van der Waals surface area contributed by atoms with Gasteiger partial charge in [-0.05, 0) is 29.3 Å². The third kappa shape index (κ3) is 7.28. The maximum atomic E-state index is 8.49. The van der Waals surface area contributed by atoms with Gasteiger partial charge in [0.1, 0.15) is 7.05 Å². The lowest BCUT2D eigenvalue weighted by Crippen LogP contribution is -2.68. The average Bonchev–Trinajstić information content (AvgIpc) is 1.97. The van der Waals surface area contributed by atoms with Crippen molar-refractivity contribution >= 4 is 23.2 Å². The van der Waals surface area contributed by atoms with E-state index in [1.807, 2.05) is 13.1 Å². The van der Waals surface area contributed by atoms with Gasteiger partial charge in [-0.15, -0.1) is 10.2 Å². The monoisotopic (exact) mass is 261 g/mol. The van der Waals surface area contributed by atoms with Crippen LogP contribution in [-0.2, 0) is 7.05 Å². The third-order valence-corrected chi connectivity index (χ3v) is 1.87. The van der Waals surface area contributed by atoms with Gasteiger partial charge >= 0.3 is 0 Å². The van der Waals surface area contributed by atoms with Crippen LogP contribution >= 0.6 is 23.2 Å². The van der Waals surface area contributed by atoms with Crippen molar-refractivity contribution in [2.75, 3.05) is 0 Å². The fourth-order valence-corrected chi connectivity index (χ4v) is 0.903. The van der Waals surface area contributed by atoms with Crippen LogP contribution in [0.1, 0.15) is 0 Å². The Kier molecular flexibility index (Phi) is 5.61. The van der Waals surface area contributed by atoms with Crippen LogP contribution in [0.15, 0.2) is 18.2 Å². The summed E-state index contributed by atoms with van der Waals surface area (Å²) in [5.74, 6) is 0. The normalized spacial score (nSPS) is 10.5. The second-order valence-corrected chi connectivity index (χ2v) is 3.64. The number of hydrogen-bond acceptors (Lipinski definition) is 4. The van der Waals surface area contributed by atoms with Gasteiger partial charge in [0.25, 0.3) is 10.3 Å². The highest BCUT2D eigenvalue weighted by Gasteiger charge is 2.04. The van der Waals surface area contributed by atoms with Crippen LogP contribution in [-0.4, -0.2) is 0 Å². The van der Waals surface area contributed by atoms with Crippen LogP contribution in [0.4, 0.5) is 0 Å². The number of aromatic nitrogens is 1. The van der Waals surface area contributed by atoms with Gasteiger partial charge in [0.05, 0.1) is 0 Å². The third-order valence-electron chi connectivity index (χ3n) is 1.11. The summed E-state index contributed by atoms with van der Waals surface area (Å²) >= 11 is 11.4. The van der Waals surface area contributed by atoms with Gasteiger partial charge in [-0.3, -0.25) is 0 Å². The zero-order chi connectivity index (χ0) is 11.4. The molecule has 0 aliphatic rings. The number of pyridine rings is 1. The molecular formula is C6H6Cl3NO4. The second-order valence-electron chi connectivity index (χ2n) is 2.11. The van der Waals surface area contributed by atoms with Crippen LogP contribution in [0.2, 0.25) is 10.3 Å². The zero-order valence-electron chi connectivity index (χ0n) is 6.95. The number of rotatable bonds is 0. The number of nitrogens with zero attached hydrogens (tertiary/aromatic N) is 1. The maximum Gasteiger partial charge on any atom is 0.275 e. The summed E-state index contributed by atoms with van der Waals surface area (Å²) in [5, 5.41) is 1.28. The summed E-state index contributed by atoms with van der Waals surface area (Å²) < 4.78 is 35.7. The first-order valence-corrected chi connectivity index (χ1v) is 5.12. The van der Waals surface area contributed by atoms with Gasteiger partial charge in [0.15, 0.2) is 0 Å². The first-order valence-electron chi connectivity index (χ1n) is 3.13. The van der Waals surface area contributed by atoms with E-state index in [1.165, 1.54) is 0 Å². The van der Waals surface area contributed by atoms with Gasteiger partial charge in [0.2, 0.25) is 0 Å². The first-order chi connectivity index (χ1) is 6.22. The molecule has 5 nitrogen and oxygen atoms in total. The lowest BCUT2D eigenvalue weighted by molar-refractivity contribution is -2.00. The van der Waals surface area contributed by atoms with E-state index < -0.39 is 10.2 Å². The Morgan fingerprint density at radius 2 is 1.36 bits per heavy atom. The van der Waals surface area contributed by atoms with Crippen LogP contribution in [0.25, 0.3) is 0 Å². The van der Waals surface area contributed by atoms with Crippen LogP contribution in [0.3, 0.4) is 0 Å². The number of hydrogen-bond donors (Lipinski definition) is 0. The molecule has 0 radical (unpaired) electrons. The fourth-order valence-electron chi connectivity index (χ4n) is 0.533. The molecule has 0 unspecified atom stereocenters. The Bertz CT molecular complexity index is 275. The molecule has 1 heterocycles. The molecule has 0 fully saturated rings. The Hall–Kier alpha value is -0.140. The topological polar surface area (TPSA) is 96.1 Å². The largest absolute Gasteiger partial charge is 0.275 e. The van der Waals surface area contributed by atoms with Gasteiger partial charge < -0.3 is 0 Å². The molecule has 0 spiro atoms. The maximum absolute atomic E-state index is 8.49. The highest BCUT2D eigenvalue weighted by molar-refractivity contribution is 6.30. The van der Waals surface area contributed by atoms with Crippen molar-refractivity contribution in [2.45, 2.75) is 0 Å². The zero-order valence-corrected chi connectivity index (χ0v) is 9.21. The minimum atomic E-state index is -4.94. The minimum absolute atomic E-state index is 0.641. The van der Waals surface area contributed by atoms with Crippen LogP contribution in [0.5, 0.6) is 0 Å². The van der Waals surface area contributed by atoms with Gasteiger partial charge in [0, 0.05) is 12.1 Å².